The monoisotopic (exact) mass is 406 g/mol. The summed E-state index contributed by atoms with van der Waals surface area (Å²) < 4.78 is 2.87. The molecule has 0 bridgehead atoms. The van der Waals surface area contributed by atoms with Gasteiger partial charge >= 0.3 is 5.69 Å². The van der Waals surface area contributed by atoms with Crippen molar-refractivity contribution >= 4 is 23.1 Å². The number of aryl methyl sites for hydroxylation is 2. The van der Waals surface area contributed by atoms with Crippen LogP contribution in [0.4, 0.5) is 11.5 Å². The molecule has 0 spiro atoms. The topological polar surface area (TPSA) is 75.7 Å². The molecule has 30 heavy (non-hydrogen) atoms. The van der Waals surface area contributed by atoms with Crippen molar-refractivity contribution in [3.05, 3.63) is 52.2 Å². The summed E-state index contributed by atoms with van der Waals surface area (Å²) in [6.07, 6.45) is 7.60. The van der Waals surface area contributed by atoms with E-state index in [1.807, 2.05) is 23.1 Å². The molecule has 1 atom stereocenters. The Morgan fingerprint density at radius 3 is 2.90 bits per heavy atom. The zero-order valence-corrected chi connectivity index (χ0v) is 17.4. The van der Waals surface area contributed by atoms with Crippen LogP contribution in [0.2, 0.25) is 0 Å². The van der Waals surface area contributed by atoms with E-state index in [2.05, 4.69) is 16.9 Å². The van der Waals surface area contributed by atoms with Crippen molar-refractivity contribution in [2.45, 2.75) is 32.6 Å². The molecule has 0 aliphatic carbocycles. The molecule has 156 valence electrons. The number of hydrogen-bond donors (Lipinski definition) is 0. The fourth-order valence-corrected chi connectivity index (χ4v) is 4.62. The van der Waals surface area contributed by atoms with Crippen molar-refractivity contribution in [3.8, 4) is 0 Å². The molecule has 3 aromatic heterocycles. The minimum atomic E-state index is -0.163. The van der Waals surface area contributed by atoms with Crippen LogP contribution in [0.1, 0.15) is 42.1 Å². The molecule has 0 saturated carbocycles. The zero-order chi connectivity index (χ0) is 20.8. The third-order valence-corrected chi connectivity index (χ3v) is 6.18. The van der Waals surface area contributed by atoms with Gasteiger partial charge in [0.2, 0.25) is 0 Å². The molecule has 3 aromatic rings. The van der Waals surface area contributed by atoms with Crippen molar-refractivity contribution in [2.24, 2.45) is 13.0 Å². The molecular weight excluding hydrogens is 380 g/mol. The van der Waals surface area contributed by atoms with Crippen LogP contribution in [0.3, 0.4) is 0 Å². The van der Waals surface area contributed by atoms with Crippen molar-refractivity contribution in [1.82, 2.24) is 24.1 Å². The number of hydrogen-bond acceptors (Lipinski definition) is 5. The first-order chi connectivity index (χ1) is 14.5. The van der Waals surface area contributed by atoms with Gasteiger partial charge in [-0.15, -0.1) is 0 Å². The van der Waals surface area contributed by atoms with Crippen LogP contribution in [0.5, 0.6) is 0 Å². The Hall–Kier alpha value is -3.16. The number of aromatic nitrogens is 4. The lowest BCUT2D eigenvalue weighted by Gasteiger charge is -2.32. The lowest BCUT2D eigenvalue weighted by Crippen LogP contribution is -2.39. The average Bonchev–Trinajstić information content (AvgIpc) is 3.05. The Labute approximate surface area is 174 Å². The van der Waals surface area contributed by atoms with E-state index in [-0.39, 0.29) is 11.6 Å². The van der Waals surface area contributed by atoms with Gasteiger partial charge in [0.25, 0.3) is 5.91 Å². The summed E-state index contributed by atoms with van der Waals surface area (Å²) >= 11 is 0. The Morgan fingerprint density at radius 1 is 1.20 bits per heavy atom. The minimum absolute atomic E-state index is 0.0863. The van der Waals surface area contributed by atoms with E-state index in [4.69, 9.17) is 4.98 Å². The lowest BCUT2D eigenvalue weighted by atomic mass is 9.99. The summed E-state index contributed by atoms with van der Waals surface area (Å²) in [6, 6.07) is 5.84. The largest absolute Gasteiger partial charge is 0.350 e. The second-order valence-corrected chi connectivity index (χ2v) is 8.48. The molecular formula is C22H26N6O2. The van der Waals surface area contributed by atoms with Gasteiger partial charge in [0.15, 0.2) is 5.65 Å². The van der Waals surface area contributed by atoms with Crippen LogP contribution < -0.4 is 10.6 Å². The van der Waals surface area contributed by atoms with Crippen LogP contribution in [0.15, 0.2) is 35.4 Å². The average molecular weight is 406 g/mol. The van der Waals surface area contributed by atoms with Crippen LogP contribution in [0, 0.1) is 5.92 Å². The molecule has 2 aliphatic rings. The quantitative estimate of drug-likeness (QED) is 0.653. The summed E-state index contributed by atoms with van der Waals surface area (Å²) in [5, 5.41) is 4.29. The minimum Gasteiger partial charge on any atom is -0.338 e. The number of carbonyl (C=O) groups is 1. The third-order valence-electron chi connectivity index (χ3n) is 6.18. The highest BCUT2D eigenvalue weighted by Gasteiger charge is 2.25. The Bertz CT molecular complexity index is 1180. The van der Waals surface area contributed by atoms with Gasteiger partial charge in [-0.25, -0.2) is 14.5 Å². The number of amides is 1. The van der Waals surface area contributed by atoms with E-state index in [1.165, 1.54) is 15.5 Å². The fourth-order valence-electron chi connectivity index (χ4n) is 4.62. The normalized spacial score (nSPS) is 19.2. The van der Waals surface area contributed by atoms with E-state index in [9.17, 15) is 9.59 Å². The van der Waals surface area contributed by atoms with Gasteiger partial charge in [0.05, 0.1) is 5.56 Å². The molecule has 8 nitrogen and oxygen atoms in total. The van der Waals surface area contributed by atoms with E-state index >= 15 is 0 Å². The van der Waals surface area contributed by atoms with E-state index in [0.717, 1.165) is 56.0 Å². The molecule has 8 heteroatoms. The zero-order valence-electron chi connectivity index (χ0n) is 17.4. The van der Waals surface area contributed by atoms with E-state index in [0.29, 0.717) is 17.1 Å². The van der Waals surface area contributed by atoms with Crippen molar-refractivity contribution in [3.63, 3.8) is 0 Å². The molecule has 2 aliphatic heterocycles. The molecule has 1 fully saturated rings. The lowest BCUT2D eigenvalue weighted by molar-refractivity contribution is 0.0682. The molecule has 0 aromatic carbocycles. The standard InChI is InChI=1S/C22H26N6O2/c1-15-5-3-8-26(14-15)21(29)17-11-16-6-4-9-27(20(16)23-13-17)18-7-10-28-19(12-18)24-25(2)22(28)30/h7,10-13,15H,3-6,8-9,14H2,1-2H3/t15-/m1/s1. The number of rotatable bonds is 2. The molecule has 0 N–H and O–H groups in total. The number of pyridine rings is 2. The first-order valence-corrected chi connectivity index (χ1v) is 10.6. The van der Waals surface area contributed by atoms with Gasteiger partial charge in [-0.05, 0) is 49.3 Å². The third kappa shape index (κ3) is 3.16. The van der Waals surface area contributed by atoms with Crippen LogP contribution in [0.25, 0.3) is 5.65 Å². The molecule has 0 unspecified atom stereocenters. The highest BCUT2D eigenvalue weighted by molar-refractivity contribution is 5.94. The summed E-state index contributed by atoms with van der Waals surface area (Å²) in [5.74, 6) is 1.52. The number of fused-ring (bicyclic) bond motifs is 2. The van der Waals surface area contributed by atoms with Gasteiger partial charge < -0.3 is 9.80 Å². The summed E-state index contributed by atoms with van der Waals surface area (Å²) in [4.78, 5) is 33.9. The van der Waals surface area contributed by atoms with Crippen molar-refractivity contribution in [2.75, 3.05) is 24.5 Å². The second-order valence-electron chi connectivity index (χ2n) is 8.48. The van der Waals surface area contributed by atoms with Crippen LogP contribution >= 0.6 is 0 Å². The molecule has 0 radical (unpaired) electrons. The van der Waals surface area contributed by atoms with Crippen LogP contribution in [-0.4, -0.2) is 49.6 Å². The maximum Gasteiger partial charge on any atom is 0.350 e. The Balaban J connectivity index is 1.46. The summed E-state index contributed by atoms with van der Waals surface area (Å²) in [6.45, 7) is 4.69. The maximum absolute atomic E-state index is 13.0. The van der Waals surface area contributed by atoms with Crippen molar-refractivity contribution in [1.29, 1.82) is 0 Å². The fraction of sp³-hybridized carbons (Fsp3) is 0.455. The van der Waals surface area contributed by atoms with Gasteiger partial charge in [-0.2, -0.15) is 5.10 Å². The van der Waals surface area contributed by atoms with E-state index in [1.54, 1.807) is 19.4 Å². The summed E-state index contributed by atoms with van der Waals surface area (Å²) in [7, 11) is 1.65. The maximum atomic E-state index is 13.0. The smallest absolute Gasteiger partial charge is 0.338 e. The number of carbonyl (C=O) groups excluding carboxylic acids is 1. The molecule has 1 amide bonds. The highest BCUT2D eigenvalue weighted by atomic mass is 16.2. The number of nitrogens with zero attached hydrogens (tertiary/aromatic N) is 6. The second kappa shape index (κ2) is 7.27. The molecule has 5 heterocycles. The number of likely N-dealkylation sites (tertiary alicyclic amines) is 1. The van der Waals surface area contributed by atoms with Gasteiger partial charge in [-0.3, -0.25) is 9.20 Å². The number of anilines is 2. The Kier molecular flexibility index (Phi) is 4.56. The molecule has 1 saturated heterocycles. The number of piperidine rings is 1. The van der Waals surface area contributed by atoms with Gasteiger partial charge in [0, 0.05) is 50.8 Å². The predicted molar refractivity (Wildman–Crippen MR) is 114 cm³/mol. The summed E-state index contributed by atoms with van der Waals surface area (Å²) in [5.41, 5.74) is 3.17. The van der Waals surface area contributed by atoms with Gasteiger partial charge in [-0.1, -0.05) is 6.92 Å². The van der Waals surface area contributed by atoms with Crippen molar-refractivity contribution < 1.29 is 4.79 Å². The van der Waals surface area contributed by atoms with Crippen LogP contribution in [-0.2, 0) is 13.5 Å². The Morgan fingerprint density at radius 2 is 2.07 bits per heavy atom. The highest BCUT2D eigenvalue weighted by Crippen LogP contribution is 2.32. The van der Waals surface area contributed by atoms with E-state index < -0.39 is 0 Å². The first-order valence-electron chi connectivity index (χ1n) is 10.6. The van der Waals surface area contributed by atoms with Gasteiger partial charge in [0.1, 0.15) is 5.82 Å². The SMILES string of the molecule is C[C@@H]1CCCN(C(=O)c2cnc3c(c2)CCCN3c2ccn3c(=O)n(C)nc3c2)C1. The molecule has 5 rings (SSSR count). The first kappa shape index (κ1) is 18.8. The predicted octanol–water partition coefficient (Wildman–Crippen LogP) is 2.38.